The van der Waals surface area contributed by atoms with E-state index in [9.17, 15) is 14.7 Å². The first-order chi connectivity index (χ1) is 18.1. The smallest absolute Gasteiger partial charge is 0.335 e. The van der Waals surface area contributed by atoms with Crippen molar-refractivity contribution in [2.75, 3.05) is 7.11 Å². The quantitative estimate of drug-likeness (QED) is 0.243. The number of aromatic nitrogens is 1. The summed E-state index contributed by atoms with van der Waals surface area (Å²) in [6.07, 6.45) is 4.10. The number of carbonyl (C=O) groups excluding carboxylic acids is 1. The lowest BCUT2D eigenvalue weighted by molar-refractivity contribution is -0.162. The highest BCUT2D eigenvalue weighted by Gasteiger charge is 2.27. The summed E-state index contributed by atoms with van der Waals surface area (Å²) < 4.78 is 13.1. The Kier molecular flexibility index (Phi) is 7.83. The van der Waals surface area contributed by atoms with Crippen molar-refractivity contribution in [2.45, 2.75) is 46.4 Å². The van der Waals surface area contributed by atoms with Gasteiger partial charge in [0.1, 0.15) is 5.75 Å². The number of aliphatic carboxylic acids is 1. The van der Waals surface area contributed by atoms with Gasteiger partial charge in [0.15, 0.2) is 11.4 Å². The van der Waals surface area contributed by atoms with Crippen LogP contribution in [-0.4, -0.2) is 34.1 Å². The monoisotopic (exact) mass is 511 g/mol. The second kappa shape index (κ2) is 11.1. The molecule has 0 aliphatic heterocycles. The number of fused-ring (bicyclic) bond motifs is 1. The third kappa shape index (κ3) is 5.71. The van der Waals surface area contributed by atoms with Gasteiger partial charge in [-0.15, -0.1) is 0 Å². The van der Waals surface area contributed by atoms with Gasteiger partial charge in [-0.25, -0.2) is 4.79 Å². The molecule has 1 heterocycles. The van der Waals surface area contributed by atoms with E-state index in [1.165, 1.54) is 13.8 Å². The zero-order valence-corrected chi connectivity index (χ0v) is 22.4. The molecule has 0 spiro atoms. The molecule has 0 radical (unpaired) electrons. The Balaban J connectivity index is 1.57. The topological polar surface area (TPSA) is 77.8 Å². The van der Waals surface area contributed by atoms with E-state index in [1.54, 1.807) is 7.11 Å². The SMILES string of the molecule is COc1ccc2c(c1)c(C(=O)c1ccc(C)cc1)c(C)n2C/C=C/c1ccc(COC(C)(C)C(=O)O)cc1. The summed E-state index contributed by atoms with van der Waals surface area (Å²) in [6, 6.07) is 21.3. The van der Waals surface area contributed by atoms with Crippen LogP contribution in [0.3, 0.4) is 0 Å². The molecule has 0 atom stereocenters. The van der Waals surface area contributed by atoms with E-state index in [0.29, 0.717) is 23.4 Å². The van der Waals surface area contributed by atoms with Gasteiger partial charge in [0.05, 0.1) is 19.3 Å². The zero-order chi connectivity index (χ0) is 27.4. The molecule has 0 aliphatic rings. The minimum atomic E-state index is -1.24. The molecule has 1 N–H and O–H groups in total. The molecular formula is C32H33NO5. The fraction of sp³-hybridized carbons (Fsp3) is 0.250. The number of allylic oxidation sites excluding steroid dienone is 1. The minimum absolute atomic E-state index is 0.00707. The fourth-order valence-corrected chi connectivity index (χ4v) is 4.30. The Labute approximate surface area is 223 Å². The van der Waals surface area contributed by atoms with Crippen LogP contribution < -0.4 is 4.74 Å². The normalized spacial score (nSPS) is 11.8. The number of benzene rings is 3. The van der Waals surface area contributed by atoms with Crippen molar-refractivity contribution < 1.29 is 24.2 Å². The average molecular weight is 512 g/mol. The van der Waals surface area contributed by atoms with Gasteiger partial charge in [-0.2, -0.15) is 0 Å². The summed E-state index contributed by atoms with van der Waals surface area (Å²) in [5, 5.41) is 10.1. The summed E-state index contributed by atoms with van der Waals surface area (Å²) in [6.45, 7) is 7.87. The number of carbonyl (C=O) groups is 2. The Morgan fingerprint density at radius 2 is 1.66 bits per heavy atom. The minimum Gasteiger partial charge on any atom is -0.497 e. The molecule has 38 heavy (non-hydrogen) atoms. The Hall–Kier alpha value is -4.16. The first-order valence-electron chi connectivity index (χ1n) is 12.5. The van der Waals surface area contributed by atoms with Crippen molar-refractivity contribution in [1.82, 2.24) is 4.57 Å². The van der Waals surface area contributed by atoms with Crippen LogP contribution in [0, 0.1) is 13.8 Å². The van der Waals surface area contributed by atoms with Gasteiger partial charge in [0.2, 0.25) is 0 Å². The first-order valence-corrected chi connectivity index (χ1v) is 12.5. The Morgan fingerprint density at radius 1 is 0.974 bits per heavy atom. The molecule has 3 aromatic carbocycles. The molecule has 0 saturated heterocycles. The third-order valence-corrected chi connectivity index (χ3v) is 6.76. The van der Waals surface area contributed by atoms with E-state index in [4.69, 9.17) is 9.47 Å². The molecule has 0 aliphatic carbocycles. The van der Waals surface area contributed by atoms with Crippen LogP contribution in [0.1, 0.15) is 52.2 Å². The number of carboxylic acids is 1. The van der Waals surface area contributed by atoms with Gasteiger partial charge >= 0.3 is 5.97 Å². The highest BCUT2D eigenvalue weighted by Crippen LogP contribution is 2.31. The molecule has 0 saturated carbocycles. The number of carboxylic acid groups (broad SMARTS) is 1. The predicted octanol–water partition coefficient (Wildman–Crippen LogP) is 6.59. The van der Waals surface area contributed by atoms with Gasteiger partial charge in [0.25, 0.3) is 0 Å². The lowest BCUT2D eigenvalue weighted by Gasteiger charge is -2.20. The van der Waals surface area contributed by atoms with Crippen molar-refractivity contribution in [3.8, 4) is 5.75 Å². The molecule has 6 nitrogen and oxygen atoms in total. The van der Waals surface area contributed by atoms with Gasteiger partial charge < -0.3 is 19.1 Å². The zero-order valence-electron chi connectivity index (χ0n) is 22.4. The molecule has 0 unspecified atom stereocenters. The summed E-state index contributed by atoms with van der Waals surface area (Å²) in [5.41, 5.74) is 5.00. The number of aryl methyl sites for hydroxylation is 1. The molecule has 1 aromatic heterocycles. The van der Waals surface area contributed by atoms with Crippen LogP contribution in [0.2, 0.25) is 0 Å². The van der Waals surface area contributed by atoms with Gasteiger partial charge in [0, 0.05) is 28.7 Å². The largest absolute Gasteiger partial charge is 0.497 e. The van der Waals surface area contributed by atoms with Gasteiger partial charge in [-0.1, -0.05) is 66.2 Å². The molecule has 4 rings (SSSR count). The summed E-state index contributed by atoms with van der Waals surface area (Å²) in [4.78, 5) is 24.8. The van der Waals surface area contributed by atoms with Crippen molar-refractivity contribution >= 4 is 28.7 Å². The van der Waals surface area contributed by atoms with Gasteiger partial charge in [-0.05, 0) is 57.0 Å². The highest BCUT2D eigenvalue weighted by atomic mass is 16.5. The molecule has 196 valence electrons. The Morgan fingerprint density at radius 3 is 2.29 bits per heavy atom. The van der Waals surface area contributed by atoms with Crippen LogP contribution in [0.15, 0.2) is 72.8 Å². The molecule has 0 bridgehead atoms. The van der Waals surface area contributed by atoms with Crippen molar-refractivity contribution in [1.29, 1.82) is 0 Å². The first kappa shape index (κ1) is 26.9. The molecule has 6 heteroatoms. The van der Waals surface area contributed by atoms with Crippen LogP contribution >= 0.6 is 0 Å². The van der Waals surface area contributed by atoms with E-state index in [0.717, 1.165) is 33.3 Å². The molecule has 0 amide bonds. The number of nitrogens with zero attached hydrogens (tertiary/aromatic N) is 1. The lowest BCUT2D eigenvalue weighted by Crippen LogP contribution is -2.34. The number of ether oxygens (including phenoxy) is 2. The van der Waals surface area contributed by atoms with Crippen LogP contribution in [-0.2, 0) is 22.7 Å². The highest BCUT2D eigenvalue weighted by molar-refractivity contribution is 6.17. The molecule has 4 aromatic rings. The lowest BCUT2D eigenvalue weighted by atomic mass is 9.99. The number of rotatable bonds is 10. The average Bonchev–Trinajstić information content (AvgIpc) is 3.18. The summed E-state index contributed by atoms with van der Waals surface area (Å²) in [5.74, 6) is -0.293. The molecule has 0 fully saturated rings. The van der Waals surface area contributed by atoms with Crippen LogP contribution in [0.5, 0.6) is 5.75 Å². The number of ketones is 1. The number of hydrogen-bond donors (Lipinski definition) is 1. The number of hydrogen-bond acceptors (Lipinski definition) is 4. The van der Waals surface area contributed by atoms with Crippen molar-refractivity contribution in [3.63, 3.8) is 0 Å². The summed E-state index contributed by atoms with van der Waals surface area (Å²) in [7, 11) is 1.62. The third-order valence-electron chi connectivity index (χ3n) is 6.76. The fourth-order valence-electron chi connectivity index (χ4n) is 4.30. The maximum atomic E-state index is 13.6. The van der Waals surface area contributed by atoms with Gasteiger partial charge in [-0.3, -0.25) is 4.79 Å². The maximum absolute atomic E-state index is 13.6. The van der Waals surface area contributed by atoms with E-state index < -0.39 is 11.6 Å². The second-order valence-corrected chi connectivity index (χ2v) is 9.90. The predicted molar refractivity (Wildman–Crippen MR) is 150 cm³/mol. The van der Waals surface area contributed by atoms with E-state index in [-0.39, 0.29) is 12.4 Å². The standard InChI is InChI=1S/C32H33NO5/c1-21-8-14-25(15-9-21)30(34)29-22(2)33(28-17-16-26(37-5)19-27(28)29)18-6-7-23-10-12-24(13-11-23)20-38-32(3,4)31(35)36/h6-17,19H,18,20H2,1-5H3,(H,35,36)/b7-6+. The van der Waals surface area contributed by atoms with Crippen molar-refractivity contribution in [2.24, 2.45) is 0 Å². The van der Waals surface area contributed by atoms with E-state index in [1.807, 2.05) is 86.7 Å². The Bertz CT molecular complexity index is 1490. The molecular weight excluding hydrogens is 478 g/mol. The van der Waals surface area contributed by atoms with Crippen molar-refractivity contribution in [3.05, 3.63) is 106 Å². The van der Waals surface area contributed by atoms with E-state index in [2.05, 4.69) is 10.6 Å². The van der Waals surface area contributed by atoms with Crippen LogP contribution in [0.25, 0.3) is 17.0 Å². The van der Waals surface area contributed by atoms with E-state index >= 15 is 0 Å². The van der Waals surface area contributed by atoms with Crippen LogP contribution in [0.4, 0.5) is 0 Å². The number of methoxy groups -OCH3 is 1. The maximum Gasteiger partial charge on any atom is 0.335 e. The summed E-state index contributed by atoms with van der Waals surface area (Å²) >= 11 is 0. The second-order valence-electron chi connectivity index (χ2n) is 9.90.